The van der Waals surface area contributed by atoms with Gasteiger partial charge in [0.15, 0.2) is 0 Å². The third-order valence-corrected chi connectivity index (χ3v) is 17.6. The number of ketones is 2. The summed E-state index contributed by atoms with van der Waals surface area (Å²) >= 11 is 1.77. The van der Waals surface area contributed by atoms with Gasteiger partial charge in [0.2, 0.25) is 11.6 Å². The molecule has 0 radical (unpaired) electrons. The van der Waals surface area contributed by atoms with Crippen molar-refractivity contribution in [2.24, 2.45) is 9.98 Å². The van der Waals surface area contributed by atoms with Crippen molar-refractivity contribution in [3.05, 3.63) is 261 Å². The Morgan fingerprint density at radius 1 is 0.391 bits per heavy atom. The van der Waals surface area contributed by atoms with Crippen molar-refractivity contribution in [2.45, 2.75) is 37.6 Å². The number of carbonyl (C=O) groups excluding carboxylic acids is 6. The summed E-state index contributed by atoms with van der Waals surface area (Å²) in [5, 5.41) is 40.9. The molecule has 0 saturated heterocycles. The predicted octanol–water partition coefficient (Wildman–Crippen LogP) is 12.8. The van der Waals surface area contributed by atoms with Gasteiger partial charge in [0.25, 0.3) is 0 Å². The first-order valence-corrected chi connectivity index (χ1v) is 29.8. The number of hydrogen-bond donors (Lipinski definition) is 0. The molecule has 2 aliphatic heterocycles. The summed E-state index contributed by atoms with van der Waals surface area (Å²) in [6.07, 6.45) is 0. The molecule has 2 aromatic heterocycles. The fourth-order valence-electron chi connectivity index (χ4n) is 11.2. The van der Waals surface area contributed by atoms with Gasteiger partial charge in [0, 0.05) is 56.7 Å². The van der Waals surface area contributed by atoms with Gasteiger partial charge in [-0.25, -0.2) is 29.2 Å². The second kappa shape index (κ2) is 24.3. The second-order valence-electron chi connectivity index (χ2n) is 20.9. The number of carbonyl (C=O) groups is 6. The molecular weight excluding hydrogens is 1200 g/mol. The van der Waals surface area contributed by atoms with E-state index in [0.717, 1.165) is 22.7 Å². The molecule has 20 heteroatoms. The van der Waals surface area contributed by atoms with Crippen molar-refractivity contribution in [3.63, 3.8) is 0 Å². The van der Waals surface area contributed by atoms with E-state index in [0.29, 0.717) is 22.3 Å². The standard InChI is InChI=1S/C72H40N6O12S2/c73-33-45(34-74)59-47-25-13-15-27-49(47)63(79)61(59)77-57-31-55-65(91-57)51-30-54-52(29-53(51)71(89-55,67(81)85-37-41-17-5-1-6-18-41)68(82)86-38-42-19-7-2-8-20-42)66-56(32-58(92-66)78-62-60(46(35-75)36-76)48-26-14-16-28-50(48)64(62)80)90-72(54,69(83)87-39-43-21-9-3-10-22-43)70(84)88-40-44-23-11-4-12-24-44/h1-32H,37-40H2. The number of benzene rings is 7. The van der Waals surface area contributed by atoms with Gasteiger partial charge in [-0.15, -0.1) is 22.7 Å². The average molecular weight is 1250 g/mol. The molecule has 0 spiro atoms. The first-order chi connectivity index (χ1) is 44.9. The van der Waals surface area contributed by atoms with Gasteiger partial charge in [-0.3, -0.25) is 9.59 Å². The highest BCUT2D eigenvalue weighted by atomic mass is 32.1. The van der Waals surface area contributed by atoms with E-state index < -0.39 is 57.8 Å². The maximum absolute atomic E-state index is 15.8. The number of fused-ring (bicyclic) bond motifs is 8. The highest BCUT2D eigenvalue weighted by Gasteiger charge is 2.62. The second-order valence-corrected chi connectivity index (χ2v) is 23.0. The lowest BCUT2D eigenvalue weighted by molar-refractivity contribution is -0.185. The largest absolute Gasteiger partial charge is 0.458 e. The van der Waals surface area contributed by atoms with Crippen LogP contribution in [0.4, 0.5) is 10.0 Å². The van der Waals surface area contributed by atoms with E-state index in [1.807, 2.05) is 24.3 Å². The van der Waals surface area contributed by atoms with Gasteiger partial charge in [-0.05, 0) is 45.5 Å². The fraction of sp³-hybridized carbons (Fsp3) is 0.0833. The van der Waals surface area contributed by atoms with E-state index in [4.69, 9.17) is 38.4 Å². The molecule has 0 unspecified atom stereocenters. The van der Waals surface area contributed by atoms with Crippen LogP contribution >= 0.6 is 22.7 Å². The van der Waals surface area contributed by atoms with Crippen LogP contribution in [-0.4, -0.2) is 46.9 Å². The van der Waals surface area contributed by atoms with Gasteiger partial charge in [-0.2, -0.15) is 21.0 Å². The normalized spacial score (nSPS) is 14.8. The molecule has 9 aromatic rings. The molecule has 0 atom stereocenters. The van der Waals surface area contributed by atoms with Gasteiger partial charge in [0.1, 0.15) is 94.8 Å². The molecule has 18 nitrogen and oxygen atoms in total. The molecular formula is C72H40N6O12S2. The number of rotatable bonds is 14. The molecule has 0 fully saturated rings. The molecule has 4 heterocycles. The number of thiophene rings is 2. The Morgan fingerprint density at radius 3 is 0.967 bits per heavy atom. The van der Waals surface area contributed by atoms with Gasteiger partial charge in [-0.1, -0.05) is 170 Å². The van der Waals surface area contributed by atoms with Gasteiger partial charge >= 0.3 is 35.1 Å². The number of nitriles is 4. The topological polar surface area (TPSA) is 278 Å². The van der Waals surface area contributed by atoms with Crippen molar-refractivity contribution in [3.8, 4) is 56.7 Å². The van der Waals surface area contributed by atoms with Crippen LogP contribution in [0.2, 0.25) is 0 Å². The summed E-state index contributed by atoms with van der Waals surface area (Å²) in [6, 6.07) is 60.1. The zero-order chi connectivity index (χ0) is 63.7. The van der Waals surface area contributed by atoms with Crippen molar-refractivity contribution in [1.82, 2.24) is 0 Å². The van der Waals surface area contributed by atoms with E-state index in [1.54, 1.807) is 158 Å². The van der Waals surface area contributed by atoms with E-state index in [1.165, 1.54) is 36.4 Å². The van der Waals surface area contributed by atoms with E-state index in [2.05, 4.69) is 0 Å². The molecule has 0 bridgehead atoms. The number of hydrogen-bond acceptors (Lipinski definition) is 20. The summed E-state index contributed by atoms with van der Waals surface area (Å²) in [5.74, 6) is -6.78. The number of ether oxygens (including phenoxy) is 6. The van der Waals surface area contributed by atoms with E-state index in [-0.39, 0.29) is 125 Å². The number of esters is 4. The lowest BCUT2D eigenvalue weighted by atomic mass is 9.78. The molecule has 2 aliphatic carbocycles. The zero-order valence-electron chi connectivity index (χ0n) is 47.7. The maximum atomic E-state index is 15.8. The Labute approximate surface area is 531 Å². The number of nitrogens with zero attached hydrogens (tertiary/aromatic N) is 6. The van der Waals surface area contributed by atoms with E-state index >= 15 is 19.2 Å². The third kappa shape index (κ3) is 10.2. The highest BCUT2D eigenvalue weighted by Crippen LogP contribution is 2.59. The molecule has 13 rings (SSSR count). The maximum Gasteiger partial charge on any atom is 0.367 e. The average Bonchev–Trinajstić information content (AvgIpc) is 1.12. The summed E-state index contributed by atoms with van der Waals surface area (Å²) < 4.78 is 38.2. The van der Waals surface area contributed by atoms with Crippen molar-refractivity contribution in [1.29, 1.82) is 21.0 Å². The summed E-state index contributed by atoms with van der Waals surface area (Å²) in [7, 11) is 0. The molecule has 4 aliphatic rings. The Balaban J connectivity index is 1.08. The summed E-state index contributed by atoms with van der Waals surface area (Å²) in [4.78, 5) is 102. The number of allylic oxidation sites excluding steroid dienone is 4. The molecule has 0 saturated carbocycles. The Hall–Kier alpha value is -12.5. The van der Waals surface area contributed by atoms with Crippen molar-refractivity contribution in [2.75, 3.05) is 0 Å². The molecule has 0 amide bonds. The van der Waals surface area contributed by atoms with Crippen molar-refractivity contribution >= 4 is 90.7 Å². The first kappa shape index (κ1) is 58.6. The van der Waals surface area contributed by atoms with Crippen LogP contribution in [0, 0.1) is 45.3 Å². The van der Waals surface area contributed by atoms with Crippen LogP contribution in [0.25, 0.3) is 32.0 Å². The Kier molecular flexibility index (Phi) is 15.4. The zero-order valence-corrected chi connectivity index (χ0v) is 49.3. The van der Waals surface area contributed by atoms with Gasteiger partial charge < -0.3 is 28.4 Å². The van der Waals surface area contributed by atoms with Crippen LogP contribution < -0.4 is 9.47 Å². The summed E-state index contributed by atoms with van der Waals surface area (Å²) in [6.45, 7) is -1.56. The van der Waals surface area contributed by atoms with E-state index in [9.17, 15) is 30.6 Å². The lowest BCUT2D eigenvalue weighted by Gasteiger charge is -2.39. The number of aliphatic imine (C=N–C) groups is 2. The minimum absolute atomic E-state index is 0.00186. The smallest absolute Gasteiger partial charge is 0.367 e. The Bertz CT molecular complexity index is 4490. The lowest BCUT2D eigenvalue weighted by Crippen LogP contribution is -2.54. The SMILES string of the molecule is N#CC(C#N)=C1C(=Nc2cc3c(s2)-c2cc4c(cc2C(C(=O)OCc2ccccc2)(C(=O)OCc2ccccc2)O3)-c2sc(N=C3C(=O)c5ccccc5C3=C(C#N)C#N)cc2OC4(C(=O)OCc2ccccc2)C(=O)OCc2ccccc2)C(=O)c2ccccc21. The Morgan fingerprint density at radius 2 is 0.674 bits per heavy atom. The van der Waals surface area contributed by atoms with Crippen LogP contribution in [0.3, 0.4) is 0 Å². The molecule has 7 aromatic carbocycles. The minimum atomic E-state index is -2.94. The fourth-order valence-corrected chi connectivity index (χ4v) is 13.2. The van der Waals surface area contributed by atoms with Crippen molar-refractivity contribution < 1.29 is 57.2 Å². The summed E-state index contributed by atoms with van der Waals surface area (Å²) in [5.41, 5.74) is -4.92. The van der Waals surface area contributed by atoms with Crippen LogP contribution in [0.5, 0.6) is 11.5 Å². The molecule has 442 valence electrons. The van der Waals surface area contributed by atoms with Gasteiger partial charge in [0.05, 0.1) is 9.75 Å². The molecule has 92 heavy (non-hydrogen) atoms. The quantitative estimate of drug-likeness (QED) is 0.0423. The monoisotopic (exact) mass is 1240 g/mol. The van der Waals surface area contributed by atoms with Crippen LogP contribution in [0.15, 0.2) is 215 Å². The highest BCUT2D eigenvalue weighted by molar-refractivity contribution is 7.20. The third-order valence-electron chi connectivity index (χ3n) is 15.5. The first-order valence-electron chi connectivity index (χ1n) is 28.1. The van der Waals surface area contributed by atoms with Crippen LogP contribution in [0.1, 0.15) is 65.2 Å². The molecule has 0 N–H and O–H groups in total. The van der Waals surface area contributed by atoms with Crippen LogP contribution in [-0.2, 0) is 75.8 Å². The predicted molar refractivity (Wildman–Crippen MR) is 335 cm³/mol. The number of Topliss-reactive ketones (excluding diaryl/α,β-unsaturated/α-hetero) is 2. The minimum Gasteiger partial charge on any atom is -0.458 e.